The lowest BCUT2D eigenvalue weighted by molar-refractivity contribution is 0.0923. The number of aliphatic hydroxyl groups excluding tert-OH is 1. The van der Waals surface area contributed by atoms with Gasteiger partial charge in [-0.2, -0.15) is 0 Å². The summed E-state index contributed by atoms with van der Waals surface area (Å²) < 4.78 is 0. The lowest BCUT2D eigenvalue weighted by atomic mass is 10.1. The van der Waals surface area contributed by atoms with Crippen LogP contribution in [-0.2, 0) is 0 Å². The van der Waals surface area contributed by atoms with Crippen molar-refractivity contribution in [2.45, 2.75) is 20.0 Å². The summed E-state index contributed by atoms with van der Waals surface area (Å²) in [6, 6.07) is 1.66. The Hall–Kier alpha value is -1.42. The maximum Gasteiger partial charge on any atom is 0.251 e. The van der Waals surface area contributed by atoms with Crippen molar-refractivity contribution in [3.63, 3.8) is 0 Å². The molecule has 0 aromatic carbocycles. The van der Waals surface area contributed by atoms with Crippen molar-refractivity contribution in [2.24, 2.45) is 0 Å². The molecule has 1 aromatic heterocycles. The molecule has 0 bridgehead atoms. The molecule has 0 saturated carbocycles. The third-order valence-corrected chi connectivity index (χ3v) is 1.82. The fourth-order valence-corrected chi connectivity index (χ4v) is 1.06. The minimum atomic E-state index is -0.527. The number of aromatic nitrogens is 1. The molecule has 0 saturated heterocycles. The first-order valence-corrected chi connectivity index (χ1v) is 4.48. The second-order valence-corrected chi connectivity index (χ2v) is 3.25. The van der Waals surface area contributed by atoms with Gasteiger partial charge >= 0.3 is 0 Å². The van der Waals surface area contributed by atoms with E-state index in [1.165, 1.54) is 0 Å². The van der Waals surface area contributed by atoms with Crippen molar-refractivity contribution in [3.8, 4) is 0 Å². The van der Waals surface area contributed by atoms with Crippen LogP contribution in [-0.4, -0.2) is 28.6 Å². The van der Waals surface area contributed by atoms with Gasteiger partial charge < -0.3 is 10.4 Å². The highest BCUT2D eigenvalue weighted by Gasteiger charge is 2.08. The summed E-state index contributed by atoms with van der Waals surface area (Å²) in [6.07, 6.45) is 2.68. The molecule has 0 spiro atoms. The largest absolute Gasteiger partial charge is 0.392 e. The van der Waals surface area contributed by atoms with Gasteiger partial charge in [-0.25, -0.2) is 0 Å². The van der Waals surface area contributed by atoms with Crippen LogP contribution in [0.2, 0.25) is 0 Å². The van der Waals surface area contributed by atoms with Gasteiger partial charge in [0.15, 0.2) is 0 Å². The van der Waals surface area contributed by atoms with Crippen molar-refractivity contribution in [3.05, 3.63) is 29.6 Å². The quantitative estimate of drug-likeness (QED) is 0.736. The molecule has 0 unspecified atom stereocenters. The van der Waals surface area contributed by atoms with E-state index in [0.29, 0.717) is 5.56 Å². The van der Waals surface area contributed by atoms with Gasteiger partial charge in [-0.15, -0.1) is 0 Å². The van der Waals surface area contributed by atoms with Crippen molar-refractivity contribution in [2.75, 3.05) is 6.54 Å². The highest BCUT2D eigenvalue weighted by molar-refractivity contribution is 5.95. The van der Waals surface area contributed by atoms with Gasteiger partial charge in [-0.05, 0) is 25.5 Å². The zero-order chi connectivity index (χ0) is 10.6. The van der Waals surface area contributed by atoms with E-state index in [0.717, 1.165) is 5.56 Å². The van der Waals surface area contributed by atoms with E-state index < -0.39 is 6.10 Å². The fourth-order valence-electron chi connectivity index (χ4n) is 1.06. The minimum Gasteiger partial charge on any atom is -0.392 e. The van der Waals surface area contributed by atoms with Crippen LogP contribution in [0.25, 0.3) is 0 Å². The molecule has 1 amide bonds. The summed E-state index contributed by atoms with van der Waals surface area (Å²) in [6.45, 7) is 3.71. The van der Waals surface area contributed by atoms with Crippen LogP contribution in [0.1, 0.15) is 22.8 Å². The summed E-state index contributed by atoms with van der Waals surface area (Å²) in [5.41, 5.74) is 1.43. The Labute approximate surface area is 83.0 Å². The molecule has 14 heavy (non-hydrogen) atoms. The number of carbonyl (C=O) groups excluding carboxylic acids is 1. The Kier molecular flexibility index (Phi) is 3.59. The standard InChI is InChI=1S/C10H14N2O2/c1-7-5-11-4-3-9(7)10(14)12-6-8(2)13/h3-5,8,13H,6H2,1-2H3,(H,12,14)/t8-/m1/s1. The molecule has 0 fully saturated rings. The van der Waals surface area contributed by atoms with Crippen LogP contribution < -0.4 is 5.32 Å². The molecular weight excluding hydrogens is 180 g/mol. The van der Waals surface area contributed by atoms with Gasteiger partial charge in [0, 0.05) is 24.5 Å². The maximum absolute atomic E-state index is 11.5. The van der Waals surface area contributed by atoms with Gasteiger partial charge in [0.25, 0.3) is 5.91 Å². The number of rotatable bonds is 3. The number of aryl methyl sites for hydroxylation is 1. The molecule has 1 heterocycles. The van der Waals surface area contributed by atoms with E-state index in [1.807, 2.05) is 6.92 Å². The van der Waals surface area contributed by atoms with Crippen LogP contribution in [0, 0.1) is 6.92 Å². The number of carbonyl (C=O) groups is 1. The lowest BCUT2D eigenvalue weighted by Crippen LogP contribution is -2.30. The molecule has 4 heteroatoms. The number of hydrogen-bond acceptors (Lipinski definition) is 3. The van der Waals surface area contributed by atoms with E-state index in [9.17, 15) is 4.79 Å². The van der Waals surface area contributed by atoms with Crippen LogP contribution in [0.15, 0.2) is 18.5 Å². The first kappa shape index (κ1) is 10.7. The summed E-state index contributed by atoms with van der Waals surface area (Å²) >= 11 is 0. The van der Waals surface area contributed by atoms with E-state index in [2.05, 4.69) is 10.3 Å². The predicted octanol–water partition coefficient (Wildman–Crippen LogP) is 0.501. The second-order valence-electron chi connectivity index (χ2n) is 3.25. The molecule has 1 aromatic rings. The maximum atomic E-state index is 11.5. The highest BCUT2D eigenvalue weighted by atomic mass is 16.3. The normalized spacial score (nSPS) is 12.2. The van der Waals surface area contributed by atoms with Gasteiger partial charge in [0.1, 0.15) is 0 Å². The van der Waals surface area contributed by atoms with Crippen LogP contribution in [0.3, 0.4) is 0 Å². The number of pyridine rings is 1. The van der Waals surface area contributed by atoms with Crippen molar-refractivity contribution in [1.29, 1.82) is 0 Å². The van der Waals surface area contributed by atoms with Crippen molar-refractivity contribution < 1.29 is 9.90 Å². The molecule has 1 rings (SSSR count). The zero-order valence-corrected chi connectivity index (χ0v) is 8.32. The van der Waals surface area contributed by atoms with E-state index in [1.54, 1.807) is 25.4 Å². The number of nitrogens with zero attached hydrogens (tertiary/aromatic N) is 1. The Bertz CT molecular complexity index is 324. The first-order chi connectivity index (χ1) is 6.61. The van der Waals surface area contributed by atoms with Crippen molar-refractivity contribution >= 4 is 5.91 Å². The first-order valence-electron chi connectivity index (χ1n) is 4.48. The van der Waals surface area contributed by atoms with Crippen LogP contribution in [0.5, 0.6) is 0 Å². The van der Waals surface area contributed by atoms with Gasteiger partial charge in [-0.1, -0.05) is 0 Å². The number of aliphatic hydroxyl groups is 1. The summed E-state index contributed by atoms with van der Waals surface area (Å²) in [5.74, 6) is -0.175. The Morgan fingerprint density at radius 1 is 1.71 bits per heavy atom. The molecule has 4 nitrogen and oxygen atoms in total. The van der Waals surface area contributed by atoms with Gasteiger partial charge in [-0.3, -0.25) is 9.78 Å². The Balaban J connectivity index is 2.65. The average Bonchev–Trinajstić information content (AvgIpc) is 2.15. The summed E-state index contributed by atoms with van der Waals surface area (Å²) in [7, 11) is 0. The van der Waals surface area contributed by atoms with Gasteiger partial charge in [0.2, 0.25) is 0 Å². The molecule has 0 aliphatic rings. The second kappa shape index (κ2) is 4.72. The number of amides is 1. The Morgan fingerprint density at radius 3 is 3.00 bits per heavy atom. The average molecular weight is 194 g/mol. The third kappa shape index (κ3) is 2.81. The topological polar surface area (TPSA) is 62.2 Å². The molecular formula is C10H14N2O2. The summed E-state index contributed by atoms with van der Waals surface area (Å²) in [4.78, 5) is 15.4. The molecule has 1 atom stereocenters. The lowest BCUT2D eigenvalue weighted by Gasteiger charge is -2.08. The molecule has 76 valence electrons. The monoisotopic (exact) mass is 194 g/mol. The van der Waals surface area contributed by atoms with E-state index in [4.69, 9.17) is 5.11 Å². The van der Waals surface area contributed by atoms with Crippen LogP contribution >= 0.6 is 0 Å². The third-order valence-electron chi connectivity index (χ3n) is 1.82. The molecule has 0 aliphatic carbocycles. The van der Waals surface area contributed by atoms with E-state index >= 15 is 0 Å². The molecule has 2 N–H and O–H groups in total. The smallest absolute Gasteiger partial charge is 0.251 e. The van der Waals surface area contributed by atoms with Crippen LogP contribution in [0.4, 0.5) is 0 Å². The van der Waals surface area contributed by atoms with E-state index in [-0.39, 0.29) is 12.5 Å². The number of nitrogens with one attached hydrogen (secondary N) is 1. The van der Waals surface area contributed by atoms with Crippen molar-refractivity contribution in [1.82, 2.24) is 10.3 Å². The Morgan fingerprint density at radius 2 is 2.43 bits per heavy atom. The SMILES string of the molecule is Cc1cnccc1C(=O)NC[C@@H](C)O. The molecule has 0 aliphatic heterocycles. The fraction of sp³-hybridized carbons (Fsp3) is 0.400. The van der Waals surface area contributed by atoms with Gasteiger partial charge in [0.05, 0.1) is 6.10 Å². The minimum absolute atomic E-state index is 0.175. The summed E-state index contributed by atoms with van der Waals surface area (Å²) in [5, 5.41) is 11.6. The predicted molar refractivity (Wildman–Crippen MR) is 53.0 cm³/mol. The number of hydrogen-bond donors (Lipinski definition) is 2. The zero-order valence-electron chi connectivity index (χ0n) is 8.32. The molecule has 0 radical (unpaired) electrons. The highest BCUT2D eigenvalue weighted by Crippen LogP contribution is 2.04.